The summed E-state index contributed by atoms with van der Waals surface area (Å²) in [5.41, 5.74) is 0. The van der Waals surface area contributed by atoms with Crippen molar-refractivity contribution in [3.05, 3.63) is 0 Å². The average Bonchev–Trinajstić information content (AvgIpc) is 3.25. The highest BCUT2D eigenvalue weighted by Gasteiger charge is 2.17. The highest BCUT2D eigenvalue weighted by molar-refractivity contribution is 4.80. The molecule has 2 saturated heterocycles. The molecule has 4 heteroatoms. The predicted octanol–water partition coefficient (Wildman–Crippen LogP) is 6.30. The van der Waals surface area contributed by atoms with Crippen LogP contribution in [0.4, 0.5) is 0 Å². The van der Waals surface area contributed by atoms with E-state index in [0.29, 0.717) is 18.1 Å². The second kappa shape index (κ2) is 21.1. The fraction of sp³-hybridized carbons (Fsp3) is 1.00. The molecule has 196 valence electrons. The lowest BCUT2D eigenvalue weighted by atomic mass is 9.99. The van der Waals surface area contributed by atoms with E-state index in [0.717, 1.165) is 6.54 Å². The first kappa shape index (κ1) is 29.1. The Morgan fingerprint density at radius 3 is 1.85 bits per heavy atom. The third-order valence-corrected chi connectivity index (χ3v) is 7.88. The summed E-state index contributed by atoms with van der Waals surface area (Å²) in [7, 11) is 0. The van der Waals surface area contributed by atoms with Gasteiger partial charge in [0.2, 0.25) is 0 Å². The van der Waals surface area contributed by atoms with Gasteiger partial charge in [-0.3, -0.25) is 0 Å². The summed E-state index contributed by atoms with van der Waals surface area (Å²) in [5, 5.41) is 15.2. The van der Waals surface area contributed by atoms with Crippen molar-refractivity contribution in [3.63, 3.8) is 0 Å². The lowest BCUT2D eigenvalue weighted by Gasteiger charge is -2.26. The van der Waals surface area contributed by atoms with E-state index in [1.807, 2.05) is 0 Å². The fourth-order valence-electron chi connectivity index (χ4n) is 5.71. The molecule has 0 saturated carbocycles. The minimum Gasteiger partial charge on any atom is -0.315 e. The quantitative estimate of drug-likeness (QED) is 0.169. The topological polar surface area (TPSA) is 48.1 Å². The third-order valence-electron chi connectivity index (χ3n) is 7.88. The van der Waals surface area contributed by atoms with Crippen LogP contribution >= 0.6 is 0 Å². The molecule has 0 aromatic rings. The molecule has 0 amide bonds. The Balaban J connectivity index is 1.56. The normalized spacial score (nSPS) is 23.2. The molecule has 3 atom stereocenters. The molecule has 0 spiro atoms. The first-order chi connectivity index (χ1) is 16.4. The Kier molecular flexibility index (Phi) is 18.6. The van der Waals surface area contributed by atoms with Gasteiger partial charge in [-0.1, -0.05) is 90.4 Å². The van der Waals surface area contributed by atoms with Gasteiger partial charge in [0.05, 0.1) is 0 Å². The molecule has 0 bridgehead atoms. The van der Waals surface area contributed by atoms with Crippen molar-refractivity contribution >= 4 is 0 Å². The molecule has 0 aromatic carbocycles. The van der Waals surface area contributed by atoms with E-state index >= 15 is 0 Å². The number of hydrogen-bond donors (Lipinski definition) is 4. The van der Waals surface area contributed by atoms with Crippen molar-refractivity contribution in [2.45, 2.75) is 153 Å². The maximum absolute atomic E-state index is 4.08. The van der Waals surface area contributed by atoms with Gasteiger partial charge in [0.15, 0.2) is 0 Å². The van der Waals surface area contributed by atoms with Gasteiger partial charge >= 0.3 is 0 Å². The second-order valence-electron chi connectivity index (χ2n) is 11.1. The monoisotopic (exact) mass is 464 g/mol. The molecular formula is C29H60N4. The zero-order chi connectivity index (χ0) is 23.2. The van der Waals surface area contributed by atoms with Crippen LogP contribution in [0.25, 0.3) is 0 Å². The van der Waals surface area contributed by atoms with Crippen molar-refractivity contribution in [2.75, 3.05) is 32.7 Å². The van der Waals surface area contributed by atoms with Crippen LogP contribution in [-0.4, -0.2) is 50.8 Å². The Hall–Kier alpha value is -0.160. The molecule has 2 aliphatic heterocycles. The van der Waals surface area contributed by atoms with Gasteiger partial charge in [-0.05, 0) is 64.6 Å². The summed E-state index contributed by atoms with van der Waals surface area (Å²) >= 11 is 0. The van der Waals surface area contributed by atoms with Gasteiger partial charge in [-0.15, -0.1) is 0 Å². The maximum Gasteiger partial charge on any atom is 0.0195 e. The molecular weight excluding hydrogens is 404 g/mol. The summed E-state index contributed by atoms with van der Waals surface area (Å²) in [5.74, 6) is 0. The van der Waals surface area contributed by atoms with Crippen LogP contribution in [0.3, 0.4) is 0 Å². The Bertz CT molecular complexity index is 400. The highest BCUT2D eigenvalue weighted by atomic mass is 15.0. The largest absolute Gasteiger partial charge is 0.315 e. The van der Waals surface area contributed by atoms with E-state index in [1.165, 1.54) is 155 Å². The summed E-state index contributed by atoms with van der Waals surface area (Å²) < 4.78 is 0. The molecule has 33 heavy (non-hydrogen) atoms. The van der Waals surface area contributed by atoms with Gasteiger partial charge in [-0.25, -0.2) is 0 Å². The van der Waals surface area contributed by atoms with E-state index in [4.69, 9.17) is 0 Å². The predicted molar refractivity (Wildman–Crippen MR) is 146 cm³/mol. The minimum atomic E-state index is 0.684. The SMILES string of the molecule is CCCCCCCCCCCCCC(CCCNC1CCCCNC1)NC1CCCCNC1. The molecule has 2 heterocycles. The molecule has 2 aliphatic rings. The van der Waals surface area contributed by atoms with Crippen LogP contribution in [0, 0.1) is 0 Å². The molecule has 2 rings (SSSR count). The lowest BCUT2D eigenvalue weighted by molar-refractivity contribution is 0.350. The van der Waals surface area contributed by atoms with Gasteiger partial charge in [0.25, 0.3) is 0 Å². The first-order valence-electron chi connectivity index (χ1n) is 15.3. The Morgan fingerprint density at radius 1 is 0.636 bits per heavy atom. The van der Waals surface area contributed by atoms with Gasteiger partial charge in [-0.2, -0.15) is 0 Å². The van der Waals surface area contributed by atoms with E-state index in [2.05, 4.69) is 28.2 Å². The average molecular weight is 465 g/mol. The summed E-state index contributed by atoms with van der Waals surface area (Å²) in [6.45, 7) is 8.24. The molecule has 2 fully saturated rings. The number of hydrogen-bond acceptors (Lipinski definition) is 4. The zero-order valence-corrected chi connectivity index (χ0v) is 22.4. The van der Waals surface area contributed by atoms with Crippen molar-refractivity contribution in [1.82, 2.24) is 21.3 Å². The Morgan fingerprint density at radius 2 is 1.18 bits per heavy atom. The van der Waals surface area contributed by atoms with E-state index < -0.39 is 0 Å². The maximum atomic E-state index is 4.08. The number of unbranched alkanes of at least 4 members (excludes halogenated alkanes) is 10. The van der Waals surface area contributed by atoms with Gasteiger partial charge in [0.1, 0.15) is 0 Å². The highest BCUT2D eigenvalue weighted by Crippen LogP contribution is 2.15. The molecule has 3 unspecified atom stereocenters. The summed E-state index contributed by atoms with van der Waals surface area (Å²) in [6.07, 6.45) is 28.0. The first-order valence-corrected chi connectivity index (χ1v) is 15.3. The van der Waals surface area contributed by atoms with Crippen molar-refractivity contribution < 1.29 is 0 Å². The van der Waals surface area contributed by atoms with Crippen LogP contribution in [0.2, 0.25) is 0 Å². The zero-order valence-electron chi connectivity index (χ0n) is 22.4. The second-order valence-corrected chi connectivity index (χ2v) is 11.1. The van der Waals surface area contributed by atoms with Crippen molar-refractivity contribution in [1.29, 1.82) is 0 Å². The fourth-order valence-corrected chi connectivity index (χ4v) is 5.71. The molecule has 0 radical (unpaired) electrons. The number of nitrogens with one attached hydrogen (secondary N) is 4. The van der Waals surface area contributed by atoms with Crippen LogP contribution in [0.15, 0.2) is 0 Å². The van der Waals surface area contributed by atoms with E-state index in [9.17, 15) is 0 Å². The van der Waals surface area contributed by atoms with Crippen LogP contribution in [0.5, 0.6) is 0 Å². The van der Waals surface area contributed by atoms with Crippen LogP contribution in [0.1, 0.15) is 135 Å². The van der Waals surface area contributed by atoms with Gasteiger partial charge in [0, 0.05) is 31.2 Å². The summed E-state index contributed by atoms with van der Waals surface area (Å²) in [6, 6.07) is 2.09. The van der Waals surface area contributed by atoms with Crippen molar-refractivity contribution in [3.8, 4) is 0 Å². The lowest BCUT2D eigenvalue weighted by Crippen LogP contribution is -2.44. The van der Waals surface area contributed by atoms with Crippen LogP contribution in [-0.2, 0) is 0 Å². The smallest absolute Gasteiger partial charge is 0.0195 e. The molecule has 4 nitrogen and oxygen atoms in total. The minimum absolute atomic E-state index is 0.684. The van der Waals surface area contributed by atoms with E-state index in [-0.39, 0.29) is 0 Å². The molecule has 4 N–H and O–H groups in total. The summed E-state index contributed by atoms with van der Waals surface area (Å²) in [4.78, 5) is 0. The Labute approximate surface area is 207 Å². The standard InChI is InChI=1S/C29H60N4/c1-2-3-4-5-6-7-8-9-10-11-12-18-27(33-29-20-14-16-23-31-26-29)21-17-24-32-28-19-13-15-22-30-25-28/h27-33H,2-26H2,1H3. The van der Waals surface area contributed by atoms with Gasteiger partial charge < -0.3 is 21.3 Å². The number of rotatable bonds is 19. The van der Waals surface area contributed by atoms with Crippen LogP contribution < -0.4 is 21.3 Å². The molecule has 0 aromatic heterocycles. The van der Waals surface area contributed by atoms with Crippen molar-refractivity contribution in [2.24, 2.45) is 0 Å². The van der Waals surface area contributed by atoms with E-state index in [1.54, 1.807) is 0 Å². The third kappa shape index (κ3) is 16.2. The molecule has 0 aliphatic carbocycles.